The standard InChI is InChI=1S/C12H17NOS/c1-9-11(5-7-15-9)12(14)3-2-10-4-6-13-8-10/h5,7,10,13H,2-4,6,8H2,1H3. The third-order valence-electron chi connectivity index (χ3n) is 3.10. The van der Waals surface area contributed by atoms with E-state index in [2.05, 4.69) is 5.32 Å². The third kappa shape index (κ3) is 2.67. The highest BCUT2D eigenvalue weighted by Crippen LogP contribution is 2.20. The molecule has 1 atom stereocenters. The van der Waals surface area contributed by atoms with E-state index in [-0.39, 0.29) is 0 Å². The van der Waals surface area contributed by atoms with Crippen molar-refractivity contribution in [2.45, 2.75) is 26.2 Å². The molecule has 15 heavy (non-hydrogen) atoms. The first-order chi connectivity index (χ1) is 7.27. The fourth-order valence-corrected chi connectivity index (χ4v) is 2.82. The molecule has 1 N–H and O–H groups in total. The normalized spacial score (nSPS) is 20.7. The largest absolute Gasteiger partial charge is 0.316 e. The van der Waals surface area contributed by atoms with Crippen LogP contribution in [0.2, 0.25) is 0 Å². The number of carbonyl (C=O) groups is 1. The van der Waals surface area contributed by atoms with Gasteiger partial charge in [-0.1, -0.05) is 0 Å². The predicted octanol–water partition coefficient (Wildman–Crippen LogP) is 2.63. The van der Waals surface area contributed by atoms with E-state index in [0.717, 1.165) is 30.0 Å². The van der Waals surface area contributed by atoms with Gasteiger partial charge in [-0.15, -0.1) is 11.3 Å². The van der Waals surface area contributed by atoms with Crippen LogP contribution < -0.4 is 5.32 Å². The van der Waals surface area contributed by atoms with Crippen LogP contribution in [0.1, 0.15) is 34.5 Å². The van der Waals surface area contributed by atoms with Gasteiger partial charge in [-0.25, -0.2) is 0 Å². The van der Waals surface area contributed by atoms with Crippen LogP contribution in [0, 0.1) is 12.8 Å². The summed E-state index contributed by atoms with van der Waals surface area (Å²) >= 11 is 1.66. The van der Waals surface area contributed by atoms with Crippen molar-refractivity contribution < 1.29 is 4.79 Å². The summed E-state index contributed by atoms with van der Waals surface area (Å²) in [6, 6.07) is 1.95. The van der Waals surface area contributed by atoms with Crippen molar-refractivity contribution in [2.24, 2.45) is 5.92 Å². The van der Waals surface area contributed by atoms with E-state index in [1.165, 1.54) is 6.42 Å². The second-order valence-corrected chi connectivity index (χ2v) is 5.33. The number of hydrogen-bond acceptors (Lipinski definition) is 3. The Hall–Kier alpha value is -0.670. The molecule has 0 saturated carbocycles. The predicted molar refractivity (Wildman–Crippen MR) is 63.6 cm³/mol. The van der Waals surface area contributed by atoms with Gasteiger partial charge >= 0.3 is 0 Å². The van der Waals surface area contributed by atoms with E-state index < -0.39 is 0 Å². The molecule has 0 amide bonds. The van der Waals surface area contributed by atoms with Crippen molar-refractivity contribution in [1.29, 1.82) is 0 Å². The van der Waals surface area contributed by atoms with Gasteiger partial charge < -0.3 is 5.32 Å². The molecule has 0 aromatic carbocycles. The molecular weight excluding hydrogens is 206 g/mol. The zero-order valence-corrected chi connectivity index (χ0v) is 9.90. The Morgan fingerprint density at radius 3 is 3.13 bits per heavy atom. The van der Waals surface area contributed by atoms with Crippen LogP contribution in [0.5, 0.6) is 0 Å². The quantitative estimate of drug-likeness (QED) is 0.795. The van der Waals surface area contributed by atoms with Gasteiger partial charge in [-0.3, -0.25) is 4.79 Å². The monoisotopic (exact) mass is 223 g/mol. The van der Waals surface area contributed by atoms with Gasteiger partial charge in [-0.2, -0.15) is 0 Å². The highest BCUT2D eigenvalue weighted by atomic mass is 32.1. The lowest BCUT2D eigenvalue weighted by atomic mass is 9.98. The molecule has 2 nitrogen and oxygen atoms in total. The van der Waals surface area contributed by atoms with Crippen LogP contribution in [0.15, 0.2) is 11.4 Å². The minimum absolute atomic E-state index is 0.320. The maximum absolute atomic E-state index is 11.9. The Morgan fingerprint density at radius 1 is 1.67 bits per heavy atom. The molecule has 2 rings (SSSR count). The Bertz CT molecular complexity index is 339. The molecule has 0 aliphatic carbocycles. The summed E-state index contributed by atoms with van der Waals surface area (Å²) in [7, 11) is 0. The molecule has 1 aliphatic heterocycles. The van der Waals surface area contributed by atoms with Crippen LogP contribution in [0.4, 0.5) is 0 Å². The van der Waals surface area contributed by atoms with Gasteiger partial charge in [0.15, 0.2) is 5.78 Å². The third-order valence-corrected chi connectivity index (χ3v) is 3.95. The highest BCUT2D eigenvalue weighted by Gasteiger charge is 2.17. The topological polar surface area (TPSA) is 29.1 Å². The number of aryl methyl sites for hydroxylation is 1. The average molecular weight is 223 g/mol. The second kappa shape index (κ2) is 4.90. The van der Waals surface area contributed by atoms with Crippen molar-refractivity contribution in [3.63, 3.8) is 0 Å². The Morgan fingerprint density at radius 2 is 2.53 bits per heavy atom. The molecule has 1 saturated heterocycles. The second-order valence-electron chi connectivity index (χ2n) is 4.21. The van der Waals surface area contributed by atoms with E-state index in [0.29, 0.717) is 18.1 Å². The lowest BCUT2D eigenvalue weighted by Gasteiger charge is -2.06. The van der Waals surface area contributed by atoms with Crippen LogP contribution in [0.3, 0.4) is 0 Å². The molecule has 1 aliphatic rings. The van der Waals surface area contributed by atoms with Crippen LogP contribution in [0.25, 0.3) is 0 Å². The van der Waals surface area contributed by atoms with Gasteiger partial charge in [-0.05, 0) is 50.2 Å². The zero-order valence-electron chi connectivity index (χ0n) is 9.08. The number of Topliss-reactive ketones (excluding diaryl/α,β-unsaturated/α-hetero) is 1. The van der Waals surface area contributed by atoms with Gasteiger partial charge in [0.25, 0.3) is 0 Å². The molecule has 1 unspecified atom stereocenters. The Labute approximate surface area is 94.7 Å². The molecule has 3 heteroatoms. The van der Waals surface area contributed by atoms with Crippen LogP contribution in [-0.2, 0) is 0 Å². The number of thiophene rings is 1. The van der Waals surface area contributed by atoms with Crippen LogP contribution in [-0.4, -0.2) is 18.9 Å². The lowest BCUT2D eigenvalue weighted by molar-refractivity contribution is 0.0974. The molecule has 1 aromatic rings. The SMILES string of the molecule is Cc1sccc1C(=O)CCC1CCNC1. The molecule has 1 aromatic heterocycles. The number of carbonyl (C=O) groups excluding carboxylic acids is 1. The fourth-order valence-electron chi connectivity index (χ4n) is 2.10. The number of ketones is 1. The Balaban J connectivity index is 1.84. The van der Waals surface area contributed by atoms with Crippen molar-refractivity contribution >= 4 is 17.1 Å². The highest BCUT2D eigenvalue weighted by molar-refractivity contribution is 7.10. The van der Waals surface area contributed by atoms with E-state index in [1.54, 1.807) is 11.3 Å². The average Bonchev–Trinajstić information content (AvgIpc) is 2.84. The summed E-state index contributed by atoms with van der Waals surface area (Å²) in [5, 5.41) is 5.33. The first-order valence-electron chi connectivity index (χ1n) is 5.55. The van der Waals surface area contributed by atoms with Gasteiger partial charge in [0, 0.05) is 16.9 Å². The van der Waals surface area contributed by atoms with E-state index in [9.17, 15) is 4.79 Å². The molecule has 0 radical (unpaired) electrons. The van der Waals surface area contributed by atoms with Crippen molar-refractivity contribution in [3.8, 4) is 0 Å². The molecule has 1 fully saturated rings. The van der Waals surface area contributed by atoms with Gasteiger partial charge in [0.05, 0.1) is 0 Å². The maximum atomic E-state index is 11.9. The first-order valence-corrected chi connectivity index (χ1v) is 6.43. The van der Waals surface area contributed by atoms with Crippen molar-refractivity contribution in [3.05, 3.63) is 21.9 Å². The van der Waals surface area contributed by atoms with E-state index in [4.69, 9.17) is 0 Å². The number of rotatable bonds is 4. The molecular formula is C12H17NOS. The van der Waals surface area contributed by atoms with Crippen molar-refractivity contribution in [1.82, 2.24) is 5.32 Å². The zero-order chi connectivity index (χ0) is 10.7. The van der Waals surface area contributed by atoms with Gasteiger partial charge in [0.2, 0.25) is 0 Å². The maximum Gasteiger partial charge on any atom is 0.163 e. The summed E-state index contributed by atoms with van der Waals surface area (Å²) in [5.41, 5.74) is 0.936. The summed E-state index contributed by atoms with van der Waals surface area (Å²) in [6.45, 7) is 4.24. The Kier molecular flexibility index (Phi) is 3.54. The van der Waals surface area contributed by atoms with E-state index in [1.807, 2.05) is 18.4 Å². The van der Waals surface area contributed by atoms with Crippen molar-refractivity contribution in [2.75, 3.05) is 13.1 Å². The summed E-state index contributed by atoms with van der Waals surface area (Å²) in [4.78, 5) is 13.0. The molecule has 0 bridgehead atoms. The smallest absolute Gasteiger partial charge is 0.163 e. The summed E-state index contributed by atoms with van der Waals surface area (Å²) < 4.78 is 0. The molecule has 82 valence electrons. The molecule has 2 heterocycles. The first kappa shape index (κ1) is 10.8. The van der Waals surface area contributed by atoms with Crippen LogP contribution >= 0.6 is 11.3 Å². The summed E-state index contributed by atoms with van der Waals surface area (Å²) in [6.07, 6.45) is 2.99. The fraction of sp³-hybridized carbons (Fsp3) is 0.583. The minimum atomic E-state index is 0.320. The van der Waals surface area contributed by atoms with Gasteiger partial charge in [0.1, 0.15) is 0 Å². The molecule has 0 spiro atoms. The number of hydrogen-bond donors (Lipinski definition) is 1. The lowest BCUT2D eigenvalue weighted by Crippen LogP contribution is -2.10. The minimum Gasteiger partial charge on any atom is -0.316 e. The summed E-state index contributed by atoms with van der Waals surface area (Å²) in [5.74, 6) is 1.04. The number of nitrogens with one attached hydrogen (secondary N) is 1. The van der Waals surface area contributed by atoms with E-state index >= 15 is 0 Å².